The largest absolute Gasteiger partial charge is 0.393 e. The van der Waals surface area contributed by atoms with Gasteiger partial charge in [0.05, 0.1) is 11.5 Å². The van der Waals surface area contributed by atoms with Gasteiger partial charge in [-0.1, -0.05) is 17.7 Å². The Morgan fingerprint density at radius 2 is 1.80 bits per heavy atom. The van der Waals surface area contributed by atoms with E-state index in [1.807, 2.05) is 6.92 Å². The topological polar surface area (TPSA) is 112 Å². The van der Waals surface area contributed by atoms with E-state index in [4.69, 9.17) is 18.4 Å². The molecule has 0 amide bonds. The quantitative estimate of drug-likeness (QED) is 0.708. The van der Waals surface area contributed by atoms with E-state index in [1.165, 1.54) is 12.1 Å². The highest BCUT2D eigenvalue weighted by Gasteiger charge is 2.61. The molecular formula is C16H22O8S. The van der Waals surface area contributed by atoms with Crippen molar-refractivity contribution in [2.24, 2.45) is 0 Å². The van der Waals surface area contributed by atoms with Crippen LogP contribution in [0.25, 0.3) is 0 Å². The van der Waals surface area contributed by atoms with Gasteiger partial charge in [0, 0.05) is 0 Å². The van der Waals surface area contributed by atoms with E-state index in [-0.39, 0.29) is 4.90 Å². The van der Waals surface area contributed by atoms with Crippen LogP contribution < -0.4 is 0 Å². The van der Waals surface area contributed by atoms with Crippen LogP contribution >= 0.6 is 0 Å². The summed E-state index contributed by atoms with van der Waals surface area (Å²) in [6, 6.07) is 6.14. The van der Waals surface area contributed by atoms with E-state index in [0.717, 1.165) is 5.56 Å². The Kier molecular flexibility index (Phi) is 4.70. The Morgan fingerprint density at radius 3 is 2.36 bits per heavy atom. The average molecular weight is 374 g/mol. The zero-order chi connectivity index (χ0) is 18.5. The van der Waals surface area contributed by atoms with Crippen LogP contribution in [0.5, 0.6) is 0 Å². The van der Waals surface area contributed by atoms with Crippen LogP contribution in [-0.4, -0.2) is 61.7 Å². The van der Waals surface area contributed by atoms with Gasteiger partial charge in [0.25, 0.3) is 10.1 Å². The first-order valence-corrected chi connectivity index (χ1v) is 9.28. The van der Waals surface area contributed by atoms with Gasteiger partial charge in [0.2, 0.25) is 0 Å². The second-order valence-corrected chi connectivity index (χ2v) is 8.40. The minimum atomic E-state index is -4.07. The zero-order valence-electron chi connectivity index (χ0n) is 14.2. The summed E-state index contributed by atoms with van der Waals surface area (Å²) >= 11 is 0. The van der Waals surface area contributed by atoms with E-state index in [1.54, 1.807) is 26.0 Å². The molecular weight excluding hydrogens is 352 g/mol. The molecule has 2 saturated heterocycles. The number of aryl methyl sites for hydroxylation is 1. The lowest BCUT2D eigenvalue weighted by Gasteiger charge is -2.32. The average Bonchev–Trinajstić information content (AvgIpc) is 2.97. The predicted octanol–water partition coefficient (Wildman–Crippen LogP) is 0.300. The molecule has 0 aromatic heterocycles. The van der Waals surface area contributed by atoms with E-state index < -0.39 is 53.2 Å². The standard InChI is InChI=1S/C16H22O8S/c1-10-4-6-11(7-5-10)25(19,20)21-9-16(8-17)13(18)12-14(24-16)23-15(2,3)22-12/h4-7,12-14,17-18H,8-9H2,1-3H3/t12-,13-,14+,16-/m1/s1. The third kappa shape index (κ3) is 3.45. The molecule has 9 heteroatoms. The van der Waals surface area contributed by atoms with Gasteiger partial charge in [0.15, 0.2) is 12.1 Å². The molecule has 2 heterocycles. The molecule has 0 unspecified atom stereocenters. The highest BCUT2D eigenvalue weighted by molar-refractivity contribution is 7.86. The number of aliphatic hydroxyl groups is 2. The van der Waals surface area contributed by atoms with Crippen molar-refractivity contribution in [1.82, 2.24) is 0 Å². The van der Waals surface area contributed by atoms with Gasteiger partial charge in [-0.2, -0.15) is 8.42 Å². The lowest BCUT2D eigenvalue weighted by molar-refractivity contribution is -0.250. The molecule has 0 saturated carbocycles. The monoisotopic (exact) mass is 374 g/mol. The van der Waals surface area contributed by atoms with Crippen molar-refractivity contribution in [3.05, 3.63) is 29.8 Å². The number of hydrogen-bond donors (Lipinski definition) is 2. The fourth-order valence-corrected chi connectivity index (χ4v) is 3.87. The maximum atomic E-state index is 12.3. The highest BCUT2D eigenvalue weighted by Crippen LogP contribution is 2.42. The summed E-state index contributed by atoms with van der Waals surface area (Å²) in [6.45, 7) is 3.94. The van der Waals surface area contributed by atoms with Crippen LogP contribution in [0.2, 0.25) is 0 Å². The van der Waals surface area contributed by atoms with Crippen LogP contribution in [0.3, 0.4) is 0 Å². The molecule has 25 heavy (non-hydrogen) atoms. The van der Waals surface area contributed by atoms with E-state index in [2.05, 4.69) is 0 Å². The van der Waals surface area contributed by atoms with Gasteiger partial charge in [-0.15, -0.1) is 0 Å². The number of benzene rings is 1. The first-order valence-electron chi connectivity index (χ1n) is 7.87. The van der Waals surface area contributed by atoms with Gasteiger partial charge in [-0.25, -0.2) is 0 Å². The zero-order valence-corrected chi connectivity index (χ0v) is 15.0. The molecule has 8 nitrogen and oxygen atoms in total. The summed E-state index contributed by atoms with van der Waals surface area (Å²) in [7, 11) is -4.07. The molecule has 1 aromatic rings. The molecule has 140 valence electrons. The van der Waals surface area contributed by atoms with E-state index in [0.29, 0.717) is 0 Å². The summed E-state index contributed by atoms with van der Waals surface area (Å²) < 4.78 is 46.3. The Balaban J connectivity index is 1.74. The molecule has 2 fully saturated rings. The van der Waals surface area contributed by atoms with Crippen LogP contribution in [0, 0.1) is 6.92 Å². The summed E-state index contributed by atoms with van der Waals surface area (Å²) in [5.41, 5.74) is -0.742. The molecule has 0 radical (unpaired) electrons. The number of aliphatic hydroxyl groups excluding tert-OH is 2. The minimum Gasteiger partial charge on any atom is -0.393 e. The van der Waals surface area contributed by atoms with Crippen molar-refractivity contribution in [2.75, 3.05) is 13.2 Å². The SMILES string of the molecule is Cc1ccc(S(=O)(=O)OC[C@@]2(CO)O[C@@H]3OC(C)(C)O[C@@H]3[C@H]2O)cc1. The van der Waals surface area contributed by atoms with Gasteiger partial charge in [-0.05, 0) is 32.9 Å². The third-order valence-electron chi connectivity index (χ3n) is 4.32. The lowest BCUT2D eigenvalue weighted by Crippen LogP contribution is -2.51. The van der Waals surface area contributed by atoms with Gasteiger partial charge >= 0.3 is 0 Å². The minimum absolute atomic E-state index is 0.0208. The molecule has 3 rings (SSSR count). The fraction of sp³-hybridized carbons (Fsp3) is 0.625. The normalized spacial score (nSPS) is 34.2. The number of ether oxygens (including phenoxy) is 3. The molecule has 2 N–H and O–H groups in total. The van der Waals surface area contributed by atoms with Crippen molar-refractivity contribution in [3.63, 3.8) is 0 Å². The summed E-state index contributed by atoms with van der Waals surface area (Å²) in [4.78, 5) is -0.0208. The van der Waals surface area contributed by atoms with Crippen LogP contribution in [0.4, 0.5) is 0 Å². The Bertz CT molecular complexity index is 729. The van der Waals surface area contributed by atoms with Crippen LogP contribution in [-0.2, 0) is 28.5 Å². The van der Waals surface area contributed by atoms with Crippen LogP contribution in [0.1, 0.15) is 19.4 Å². The summed E-state index contributed by atoms with van der Waals surface area (Å²) in [5.74, 6) is -0.938. The molecule has 2 aliphatic heterocycles. The first-order chi connectivity index (χ1) is 11.6. The third-order valence-corrected chi connectivity index (χ3v) is 5.60. The Hall–Kier alpha value is -1.07. The number of fused-ring (bicyclic) bond motifs is 1. The first kappa shape index (κ1) is 18.7. The number of rotatable bonds is 5. The predicted molar refractivity (Wildman–Crippen MR) is 85.1 cm³/mol. The maximum Gasteiger partial charge on any atom is 0.297 e. The van der Waals surface area contributed by atoms with Crippen molar-refractivity contribution < 1.29 is 37.0 Å². The fourth-order valence-electron chi connectivity index (χ4n) is 2.91. The van der Waals surface area contributed by atoms with Gasteiger partial charge in [0.1, 0.15) is 24.4 Å². The van der Waals surface area contributed by atoms with Crippen LogP contribution in [0.15, 0.2) is 29.2 Å². The van der Waals surface area contributed by atoms with Gasteiger partial charge < -0.3 is 24.4 Å². The van der Waals surface area contributed by atoms with E-state index >= 15 is 0 Å². The lowest BCUT2D eigenvalue weighted by atomic mass is 9.97. The van der Waals surface area contributed by atoms with Gasteiger partial charge in [-0.3, -0.25) is 4.18 Å². The number of hydrogen-bond acceptors (Lipinski definition) is 8. The molecule has 2 aliphatic rings. The Labute approximate surface area is 146 Å². The van der Waals surface area contributed by atoms with Crippen molar-refractivity contribution in [2.45, 2.75) is 55.6 Å². The molecule has 4 atom stereocenters. The highest BCUT2D eigenvalue weighted by atomic mass is 32.2. The second-order valence-electron chi connectivity index (χ2n) is 6.78. The smallest absolute Gasteiger partial charge is 0.297 e. The second kappa shape index (κ2) is 6.27. The maximum absolute atomic E-state index is 12.3. The Morgan fingerprint density at radius 1 is 1.16 bits per heavy atom. The molecule has 0 aliphatic carbocycles. The molecule has 1 aromatic carbocycles. The summed E-state index contributed by atoms with van der Waals surface area (Å²) in [5, 5.41) is 20.2. The van der Waals surface area contributed by atoms with E-state index in [9.17, 15) is 18.6 Å². The molecule has 0 bridgehead atoms. The van der Waals surface area contributed by atoms with Crippen molar-refractivity contribution in [3.8, 4) is 0 Å². The van der Waals surface area contributed by atoms with Crippen molar-refractivity contribution in [1.29, 1.82) is 0 Å². The summed E-state index contributed by atoms with van der Waals surface area (Å²) in [6.07, 6.45) is -3.06. The molecule has 0 spiro atoms. The van der Waals surface area contributed by atoms with Crippen molar-refractivity contribution >= 4 is 10.1 Å².